The topological polar surface area (TPSA) is 43.4 Å². The molecule has 0 saturated carbocycles. The Hall–Kier alpha value is 1.07. The number of carbonyl (C=O) groups excluding carboxylic acids is 1. The number of hydrogen-bond donors (Lipinski definition) is 0. The van der Waals surface area contributed by atoms with Crippen LogP contribution < -0.4 is 56.5 Å². The Bertz CT molecular complexity index is 481. The minimum atomic E-state index is -0.907. The third kappa shape index (κ3) is 35.5. The number of hydrogen-bond acceptors (Lipinski definition) is 3. The Labute approximate surface area is 308 Å². The molecule has 0 amide bonds. The second-order valence-corrected chi connectivity index (χ2v) is 13.4. The molecule has 3 nitrogen and oxygen atoms in total. The summed E-state index contributed by atoms with van der Waals surface area (Å²) in [5, 5.41) is 11.2. The van der Waals surface area contributed by atoms with Crippen LogP contribution in [-0.4, -0.2) is 30.0 Å². The number of rotatable bonds is 35. The van der Waals surface area contributed by atoms with E-state index in [1.54, 1.807) is 0 Å². The molecule has 0 heterocycles. The van der Waals surface area contributed by atoms with Crippen molar-refractivity contribution in [3.05, 3.63) is 0 Å². The first kappa shape index (κ1) is 45.2. The van der Waals surface area contributed by atoms with E-state index in [0.717, 1.165) is 13.1 Å². The van der Waals surface area contributed by atoms with Gasteiger partial charge >= 0.3 is 51.4 Å². The molecule has 0 N–H and O–H groups in total. The largest absolute Gasteiger partial charge is 1.00 e. The third-order valence-corrected chi connectivity index (χ3v) is 9.18. The molecule has 0 rings (SSSR count). The molecule has 0 aromatic heterocycles. The molecule has 4 heteroatoms. The van der Waals surface area contributed by atoms with Gasteiger partial charge < -0.3 is 14.8 Å². The number of unbranched alkanes of at least 4 members (excludes halogenated alkanes) is 28. The molecule has 0 aliphatic rings. The fourth-order valence-electron chi connectivity index (χ4n) is 6.30. The number of carbonyl (C=O) groups is 1. The van der Waals surface area contributed by atoms with Crippen LogP contribution in [0.5, 0.6) is 0 Å². The molecule has 1 atom stereocenters. The Morgan fingerprint density at radius 2 is 0.667 bits per heavy atom. The van der Waals surface area contributed by atoms with Crippen LogP contribution in [-0.2, 0) is 4.79 Å². The van der Waals surface area contributed by atoms with Gasteiger partial charge in [-0.2, -0.15) is 0 Å². The molecule has 0 radical (unpaired) electrons. The summed E-state index contributed by atoms with van der Waals surface area (Å²) in [5.74, 6) is -0.907. The third-order valence-electron chi connectivity index (χ3n) is 9.18. The fourth-order valence-corrected chi connectivity index (χ4v) is 6.30. The predicted molar refractivity (Wildman–Crippen MR) is 181 cm³/mol. The van der Waals surface area contributed by atoms with Crippen LogP contribution in [0.2, 0.25) is 0 Å². The van der Waals surface area contributed by atoms with Crippen LogP contribution in [0, 0.1) is 0 Å². The molecule has 1 unspecified atom stereocenters. The fraction of sp³-hybridized carbons (Fsp3) is 0.974. The molecule has 0 aromatic rings. The molecule has 0 aromatic carbocycles. The van der Waals surface area contributed by atoms with E-state index < -0.39 is 5.97 Å². The Morgan fingerprint density at radius 1 is 0.452 bits per heavy atom. The minimum Gasteiger partial charge on any atom is -0.550 e. The predicted octanol–water partition coefficient (Wildman–Crippen LogP) is 8.56. The molecule has 246 valence electrons. The van der Waals surface area contributed by atoms with Gasteiger partial charge in [-0.25, -0.2) is 0 Å². The first-order valence-corrected chi connectivity index (χ1v) is 19.1. The van der Waals surface area contributed by atoms with Crippen LogP contribution in [0.15, 0.2) is 0 Å². The monoisotopic (exact) mass is 618 g/mol. The molecule has 42 heavy (non-hydrogen) atoms. The Balaban J connectivity index is 0. The van der Waals surface area contributed by atoms with Crippen molar-refractivity contribution in [1.29, 1.82) is 0 Å². The van der Waals surface area contributed by atoms with Crippen LogP contribution in [0.4, 0.5) is 0 Å². The summed E-state index contributed by atoms with van der Waals surface area (Å²) >= 11 is 0. The van der Waals surface area contributed by atoms with Crippen LogP contribution in [0.25, 0.3) is 0 Å². The van der Waals surface area contributed by atoms with Crippen molar-refractivity contribution in [2.24, 2.45) is 0 Å². The summed E-state index contributed by atoms with van der Waals surface area (Å²) in [5.41, 5.74) is 0. The van der Waals surface area contributed by atoms with Crippen LogP contribution >= 0.6 is 0 Å². The number of carboxylic acids is 1. The van der Waals surface area contributed by atoms with E-state index in [4.69, 9.17) is 0 Å². The molecule has 0 fully saturated rings. The second kappa shape index (κ2) is 38.2. The summed E-state index contributed by atoms with van der Waals surface area (Å²) in [4.78, 5) is 13.6. The maximum absolute atomic E-state index is 11.2. The molecule has 0 bridgehead atoms. The second-order valence-electron chi connectivity index (χ2n) is 13.4. The SMILES string of the molecule is CCCCCCCCCCCCCCCCCN(CCCCCCCCCCCCCCCCC)C(C)CC(=O)[O-].[K+]. The van der Waals surface area contributed by atoms with Gasteiger partial charge in [-0.05, 0) is 32.9 Å². The summed E-state index contributed by atoms with van der Waals surface area (Å²) in [6.45, 7) is 8.75. The van der Waals surface area contributed by atoms with Gasteiger partial charge in [0.1, 0.15) is 0 Å². The maximum Gasteiger partial charge on any atom is 1.00 e. The zero-order valence-electron chi connectivity index (χ0n) is 29.7. The minimum absolute atomic E-state index is 0. The van der Waals surface area contributed by atoms with Gasteiger partial charge in [0, 0.05) is 18.4 Å². The zero-order chi connectivity index (χ0) is 30.1. The van der Waals surface area contributed by atoms with Crippen molar-refractivity contribution in [1.82, 2.24) is 4.90 Å². The first-order chi connectivity index (χ1) is 20.1. The number of aliphatic carboxylic acids is 1. The normalized spacial score (nSPS) is 12.1. The van der Waals surface area contributed by atoms with Crippen molar-refractivity contribution in [3.8, 4) is 0 Å². The van der Waals surface area contributed by atoms with E-state index in [2.05, 4.69) is 25.7 Å². The first-order valence-electron chi connectivity index (χ1n) is 19.1. The zero-order valence-corrected chi connectivity index (χ0v) is 32.8. The average molecular weight is 618 g/mol. The Kier molecular flexibility index (Phi) is 41.2. The van der Waals surface area contributed by atoms with Crippen molar-refractivity contribution in [2.45, 2.75) is 226 Å². The van der Waals surface area contributed by atoms with Crippen molar-refractivity contribution >= 4 is 5.97 Å². The van der Waals surface area contributed by atoms with Gasteiger partial charge in [0.15, 0.2) is 0 Å². The van der Waals surface area contributed by atoms with E-state index in [0.29, 0.717) is 0 Å². The summed E-state index contributed by atoms with van der Waals surface area (Å²) < 4.78 is 0. The summed E-state index contributed by atoms with van der Waals surface area (Å²) in [6, 6.07) is 0.0956. The van der Waals surface area contributed by atoms with Gasteiger partial charge in [0.05, 0.1) is 0 Å². The van der Waals surface area contributed by atoms with Gasteiger partial charge in [0.2, 0.25) is 0 Å². The molecule has 0 aliphatic carbocycles. The van der Waals surface area contributed by atoms with Crippen LogP contribution in [0.3, 0.4) is 0 Å². The van der Waals surface area contributed by atoms with Gasteiger partial charge in [0.25, 0.3) is 0 Å². The van der Waals surface area contributed by atoms with Crippen molar-refractivity contribution in [2.75, 3.05) is 13.1 Å². The smallest absolute Gasteiger partial charge is 0.550 e. The van der Waals surface area contributed by atoms with E-state index in [-0.39, 0.29) is 63.8 Å². The number of nitrogens with zero attached hydrogens (tertiary/aromatic N) is 1. The van der Waals surface area contributed by atoms with Crippen LogP contribution in [0.1, 0.15) is 220 Å². The van der Waals surface area contributed by atoms with E-state index >= 15 is 0 Å². The van der Waals surface area contributed by atoms with E-state index in [1.807, 2.05) is 0 Å². The van der Waals surface area contributed by atoms with Crippen molar-refractivity contribution in [3.63, 3.8) is 0 Å². The van der Waals surface area contributed by atoms with Gasteiger partial charge in [-0.3, -0.25) is 0 Å². The molecular weight excluding hydrogens is 542 g/mol. The molecule has 0 aliphatic heterocycles. The average Bonchev–Trinajstić information content (AvgIpc) is 2.95. The standard InChI is InChI=1S/C38H77NO2.K/c1-4-6-8-10-12-14-16-18-20-22-24-26-28-30-32-34-39(37(3)36-38(40)41)35-33-31-29-27-25-23-21-19-17-15-13-11-9-7-5-2;/h37H,4-36H2,1-3H3,(H,40,41);/q;+1/p-1. The number of carboxylic acid groups (broad SMARTS) is 1. The van der Waals surface area contributed by atoms with Gasteiger partial charge in [-0.15, -0.1) is 0 Å². The van der Waals surface area contributed by atoms with E-state index in [1.165, 1.54) is 193 Å². The maximum atomic E-state index is 11.2. The van der Waals surface area contributed by atoms with Gasteiger partial charge in [-0.1, -0.05) is 194 Å². The molecule has 0 spiro atoms. The Morgan fingerprint density at radius 3 is 0.881 bits per heavy atom. The molecule has 0 saturated heterocycles. The molecular formula is C38H76KNO2. The van der Waals surface area contributed by atoms with E-state index in [9.17, 15) is 9.90 Å². The summed E-state index contributed by atoms with van der Waals surface area (Å²) in [7, 11) is 0. The summed E-state index contributed by atoms with van der Waals surface area (Å²) in [6.07, 6.45) is 41.7. The quantitative estimate of drug-likeness (QED) is 0.0529. The van der Waals surface area contributed by atoms with Crippen molar-refractivity contribution < 1.29 is 61.3 Å².